The van der Waals surface area contributed by atoms with E-state index in [2.05, 4.69) is 0 Å². The van der Waals surface area contributed by atoms with Crippen LogP contribution >= 0.6 is 0 Å². The summed E-state index contributed by atoms with van der Waals surface area (Å²) in [6.45, 7) is 0.314. The fourth-order valence-corrected chi connectivity index (χ4v) is 2.60. The Morgan fingerprint density at radius 1 is 1.13 bits per heavy atom. The first-order valence-corrected chi connectivity index (χ1v) is 7.08. The highest BCUT2D eigenvalue weighted by Gasteiger charge is 2.24. The van der Waals surface area contributed by atoms with Gasteiger partial charge in [0.1, 0.15) is 5.75 Å². The summed E-state index contributed by atoms with van der Waals surface area (Å²) in [5.41, 5.74) is 1.89. The van der Waals surface area contributed by atoms with Crippen LogP contribution in [-0.2, 0) is 4.79 Å². The number of non-ortho nitro benzene ring substituents is 1. The van der Waals surface area contributed by atoms with E-state index in [-0.39, 0.29) is 23.8 Å². The molecule has 0 fully saturated rings. The molecule has 116 valence electrons. The number of phenolic OH excluding ortho intramolecular Hbond substituents is 1. The lowest BCUT2D eigenvalue weighted by molar-refractivity contribution is -0.384. The molecule has 0 aliphatic carbocycles. The molecule has 1 N–H and O–H groups in total. The fraction of sp³-hybridized carbons (Fsp3) is 0.118. The van der Waals surface area contributed by atoms with Gasteiger partial charge in [0.25, 0.3) is 5.69 Å². The third-order valence-electron chi connectivity index (χ3n) is 3.76. The van der Waals surface area contributed by atoms with Crippen LogP contribution < -0.4 is 4.90 Å². The lowest BCUT2D eigenvalue weighted by Crippen LogP contribution is -2.34. The second-order valence-electron chi connectivity index (χ2n) is 5.21. The molecule has 0 saturated heterocycles. The molecule has 0 aromatic heterocycles. The molecule has 1 aliphatic rings. The van der Waals surface area contributed by atoms with Crippen LogP contribution in [0, 0.1) is 10.1 Å². The number of para-hydroxylation sites is 2. The number of nitro groups is 1. The lowest BCUT2D eigenvalue weighted by atomic mass is 9.98. The van der Waals surface area contributed by atoms with Crippen molar-refractivity contribution in [2.24, 2.45) is 0 Å². The van der Waals surface area contributed by atoms with Gasteiger partial charge in [0, 0.05) is 18.7 Å². The van der Waals surface area contributed by atoms with Gasteiger partial charge in [0.2, 0.25) is 5.91 Å². The zero-order valence-corrected chi connectivity index (χ0v) is 12.2. The highest BCUT2D eigenvalue weighted by Crippen LogP contribution is 2.32. The highest BCUT2D eigenvalue weighted by molar-refractivity contribution is 6.03. The van der Waals surface area contributed by atoms with E-state index in [1.165, 1.54) is 23.1 Å². The van der Waals surface area contributed by atoms with E-state index in [1.807, 2.05) is 6.08 Å². The van der Waals surface area contributed by atoms with E-state index in [4.69, 9.17) is 0 Å². The molecular formula is C17H14N2O4. The van der Waals surface area contributed by atoms with E-state index in [9.17, 15) is 20.0 Å². The number of nitrogens with zero attached hydrogens (tertiary/aromatic N) is 2. The van der Waals surface area contributed by atoms with Crippen molar-refractivity contribution in [1.82, 2.24) is 0 Å². The van der Waals surface area contributed by atoms with Crippen LogP contribution in [0.25, 0.3) is 5.57 Å². The summed E-state index contributed by atoms with van der Waals surface area (Å²) in [5, 5.41) is 20.7. The number of nitro benzene ring substituents is 1. The topological polar surface area (TPSA) is 83.7 Å². The number of phenols is 1. The Bertz CT molecular complexity index is 814. The third-order valence-corrected chi connectivity index (χ3v) is 3.76. The summed E-state index contributed by atoms with van der Waals surface area (Å²) in [4.78, 5) is 24.3. The van der Waals surface area contributed by atoms with Crippen LogP contribution in [0.5, 0.6) is 5.75 Å². The Labute approximate surface area is 132 Å². The van der Waals surface area contributed by atoms with Gasteiger partial charge in [0.05, 0.1) is 17.0 Å². The number of benzene rings is 2. The van der Waals surface area contributed by atoms with Gasteiger partial charge >= 0.3 is 0 Å². The molecule has 1 heterocycles. The summed E-state index contributed by atoms with van der Waals surface area (Å²) in [6.07, 6.45) is 1.99. The Morgan fingerprint density at radius 2 is 1.91 bits per heavy atom. The normalized spacial score (nSPS) is 14.5. The quantitative estimate of drug-likeness (QED) is 0.697. The number of anilines is 1. The van der Waals surface area contributed by atoms with Crippen LogP contribution in [-0.4, -0.2) is 22.5 Å². The standard InChI is InChI=1S/C17H14N2O4/c20-16-7-2-1-6-15(16)18-9-8-13(11-17(18)21)12-4-3-5-14(10-12)19(22)23/h1-8,10,20H,9,11H2. The summed E-state index contributed by atoms with van der Waals surface area (Å²) >= 11 is 0. The average molecular weight is 310 g/mol. The maximum Gasteiger partial charge on any atom is 0.270 e. The van der Waals surface area contributed by atoms with Crippen LogP contribution in [0.15, 0.2) is 54.6 Å². The van der Waals surface area contributed by atoms with E-state index in [0.29, 0.717) is 17.8 Å². The van der Waals surface area contributed by atoms with Gasteiger partial charge in [-0.05, 0) is 23.3 Å². The number of hydrogen-bond acceptors (Lipinski definition) is 4. The molecule has 3 rings (SSSR count). The van der Waals surface area contributed by atoms with Crippen LogP contribution in [0.3, 0.4) is 0 Å². The number of carbonyl (C=O) groups is 1. The molecule has 0 saturated carbocycles. The monoisotopic (exact) mass is 310 g/mol. The molecule has 1 aliphatic heterocycles. The van der Waals surface area contributed by atoms with Crippen molar-refractivity contribution in [3.05, 3.63) is 70.3 Å². The average Bonchev–Trinajstić information content (AvgIpc) is 2.56. The van der Waals surface area contributed by atoms with E-state index in [0.717, 1.165) is 5.57 Å². The van der Waals surface area contributed by atoms with Crippen molar-refractivity contribution < 1.29 is 14.8 Å². The molecule has 0 radical (unpaired) electrons. The van der Waals surface area contributed by atoms with Gasteiger partial charge in [-0.1, -0.05) is 30.3 Å². The van der Waals surface area contributed by atoms with Crippen molar-refractivity contribution in [3.8, 4) is 5.75 Å². The van der Waals surface area contributed by atoms with Crippen molar-refractivity contribution in [3.63, 3.8) is 0 Å². The smallest absolute Gasteiger partial charge is 0.270 e. The van der Waals surface area contributed by atoms with Gasteiger partial charge in [-0.3, -0.25) is 14.9 Å². The van der Waals surface area contributed by atoms with Gasteiger partial charge in [-0.15, -0.1) is 0 Å². The van der Waals surface area contributed by atoms with Gasteiger partial charge < -0.3 is 10.0 Å². The third kappa shape index (κ3) is 2.91. The maximum absolute atomic E-state index is 12.4. The summed E-state index contributed by atoms with van der Waals surface area (Å²) < 4.78 is 0. The molecule has 2 aromatic rings. The lowest BCUT2D eigenvalue weighted by Gasteiger charge is -2.27. The summed E-state index contributed by atoms with van der Waals surface area (Å²) in [6, 6.07) is 12.9. The minimum atomic E-state index is -0.455. The van der Waals surface area contributed by atoms with Gasteiger partial charge in [-0.25, -0.2) is 0 Å². The summed E-state index contributed by atoms with van der Waals surface area (Å²) in [5.74, 6) is -0.108. The molecule has 0 bridgehead atoms. The molecular weight excluding hydrogens is 296 g/mol. The Hall–Kier alpha value is -3.15. The first kappa shape index (κ1) is 14.8. The highest BCUT2D eigenvalue weighted by atomic mass is 16.6. The Morgan fingerprint density at radius 3 is 2.61 bits per heavy atom. The van der Waals surface area contributed by atoms with Crippen molar-refractivity contribution in [2.75, 3.05) is 11.4 Å². The molecule has 6 heteroatoms. The van der Waals surface area contributed by atoms with Crippen LogP contribution in [0.1, 0.15) is 12.0 Å². The van der Waals surface area contributed by atoms with E-state index in [1.54, 1.807) is 30.3 Å². The predicted octanol–water partition coefficient (Wildman–Crippen LogP) is 3.12. The molecule has 23 heavy (non-hydrogen) atoms. The molecule has 0 unspecified atom stereocenters. The minimum absolute atomic E-state index is 0.000942. The zero-order valence-electron chi connectivity index (χ0n) is 12.2. The SMILES string of the molecule is O=C1CC(c2cccc([N+](=O)[O-])c2)=CCN1c1ccccc1O. The van der Waals surface area contributed by atoms with Crippen LogP contribution in [0.4, 0.5) is 11.4 Å². The minimum Gasteiger partial charge on any atom is -0.506 e. The second-order valence-corrected chi connectivity index (χ2v) is 5.21. The first-order chi connectivity index (χ1) is 11.1. The number of carbonyl (C=O) groups excluding carboxylic acids is 1. The molecule has 1 amide bonds. The number of rotatable bonds is 3. The van der Waals surface area contributed by atoms with Crippen molar-refractivity contribution in [2.45, 2.75) is 6.42 Å². The molecule has 0 spiro atoms. The maximum atomic E-state index is 12.4. The molecule has 0 atom stereocenters. The number of amides is 1. The Kier molecular flexibility index (Phi) is 3.80. The largest absolute Gasteiger partial charge is 0.506 e. The Balaban J connectivity index is 1.89. The zero-order chi connectivity index (χ0) is 16.4. The first-order valence-electron chi connectivity index (χ1n) is 7.08. The number of hydrogen-bond donors (Lipinski definition) is 1. The predicted molar refractivity (Wildman–Crippen MR) is 86.2 cm³/mol. The fourth-order valence-electron chi connectivity index (χ4n) is 2.60. The van der Waals surface area contributed by atoms with Crippen molar-refractivity contribution >= 4 is 22.9 Å². The van der Waals surface area contributed by atoms with E-state index < -0.39 is 4.92 Å². The summed E-state index contributed by atoms with van der Waals surface area (Å²) in [7, 11) is 0. The second kappa shape index (κ2) is 5.92. The molecule has 6 nitrogen and oxygen atoms in total. The van der Waals surface area contributed by atoms with Crippen LogP contribution in [0.2, 0.25) is 0 Å². The van der Waals surface area contributed by atoms with Crippen molar-refractivity contribution in [1.29, 1.82) is 0 Å². The number of aromatic hydroxyl groups is 1. The molecule has 2 aromatic carbocycles. The van der Waals surface area contributed by atoms with E-state index >= 15 is 0 Å². The van der Waals surface area contributed by atoms with Gasteiger partial charge in [0.15, 0.2) is 0 Å². The van der Waals surface area contributed by atoms with Gasteiger partial charge in [-0.2, -0.15) is 0 Å².